The highest BCUT2D eigenvalue weighted by molar-refractivity contribution is 5.89. The molecule has 6 heteroatoms. The van der Waals surface area contributed by atoms with Crippen molar-refractivity contribution in [3.63, 3.8) is 0 Å². The fraction of sp³-hybridized carbons (Fsp3) is 0.304. The van der Waals surface area contributed by atoms with Gasteiger partial charge in [-0.2, -0.15) is 0 Å². The number of rotatable bonds is 9. The standard InChI is InChI=1S/C23H27NO5/c1-5-28-20-13-11-18(15-21(20)27-4)12-14-23(26)29-16-22(25)24(3)17(2)19-9-7-6-8-10-19/h6-15,17H,5,16H2,1-4H3/b14-12+. The third kappa shape index (κ3) is 6.38. The maximum atomic E-state index is 12.3. The minimum Gasteiger partial charge on any atom is -0.493 e. The first-order valence-corrected chi connectivity index (χ1v) is 9.42. The van der Waals surface area contributed by atoms with Crippen molar-refractivity contribution in [2.75, 3.05) is 27.4 Å². The van der Waals surface area contributed by atoms with Crippen LogP contribution >= 0.6 is 0 Å². The lowest BCUT2D eigenvalue weighted by atomic mass is 10.1. The summed E-state index contributed by atoms with van der Waals surface area (Å²) < 4.78 is 15.8. The molecule has 2 rings (SSSR count). The van der Waals surface area contributed by atoms with Crippen molar-refractivity contribution in [1.82, 2.24) is 4.90 Å². The zero-order valence-electron chi connectivity index (χ0n) is 17.3. The number of amides is 1. The van der Waals surface area contributed by atoms with E-state index in [1.54, 1.807) is 43.3 Å². The second-order valence-electron chi connectivity index (χ2n) is 6.38. The molecule has 0 N–H and O–H groups in total. The van der Waals surface area contributed by atoms with Crippen molar-refractivity contribution in [3.05, 3.63) is 65.7 Å². The van der Waals surface area contributed by atoms with Crippen LogP contribution < -0.4 is 9.47 Å². The summed E-state index contributed by atoms with van der Waals surface area (Å²) in [5, 5.41) is 0. The molecular formula is C23H27NO5. The fourth-order valence-corrected chi connectivity index (χ4v) is 2.68. The summed E-state index contributed by atoms with van der Waals surface area (Å²) >= 11 is 0. The number of ether oxygens (including phenoxy) is 3. The number of esters is 1. The molecule has 1 atom stereocenters. The molecule has 1 unspecified atom stereocenters. The van der Waals surface area contributed by atoms with Crippen LogP contribution in [0.2, 0.25) is 0 Å². The van der Waals surface area contributed by atoms with E-state index in [0.29, 0.717) is 18.1 Å². The topological polar surface area (TPSA) is 65.1 Å². The lowest BCUT2D eigenvalue weighted by Gasteiger charge is -2.25. The van der Waals surface area contributed by atoms with Crippen LogP contribution in [-0.4, -0.2) is 44.1 Å². The van der Waals surface area contributed by atoms with Crippen LogP contribution in [0.25, 0.3) is 6.08 Å². The lowest BCUT2D eigenvalue weighted by molar-refractivity contribution is -0.148. The van der Waals surface area contributed by atoms with Gasteiger partial charge in [0.15, 0.2) is 18.1 Å². The van der Waals surface area contributed by atoms with Crippen LogP contribution in [0, 0.1) is 0 Å². The highest BCUT2D eigenvalue weighted by atomic mass is 16.5. The summed E-state index contributed by atoms with van der Waals surface area (Å²) in [7, 11) is 3.24. The van der Waals surface area contributed by atoms with Gasteiger partial charge in [0, 0.05) is 13.1 Å². The smallest absolute Gasteiger partial charge is 0.331 e. The summed E-state index contributed by atoms with van der Waals surface area (Å²) in [5.41, 5.74) is 1.77. The average molecular weight is 397 g/mol. The fourth-order valence-electron chi connectivity index (χ4n) is 2.68. The molecule has 0 aliphatic heterocycles. The highest BCUT2D eigenvalue weighted by Gasteiger charge is 2.18. The lowest BCUT2D eigenvalue weighted by Crippen LogP contribution is -2.33. The summed E-state index contributed by atoms with van der Waals surface area (Å²) in [6.07, 6.45) is 2.88. The van der Waals surface area contributed by atoms with Crippen LogP contribution in [0.15, 0.2) is 54.6 Å². The quantitative estimate of drug-likeness (QED) is 0.475. The molecule has 2 aromatic carbocycles. The van der Waals surface area contributed by atoms with E-state index in [-0.39, 0.29) is 18.6 Å². The third-order valence-electron chi connectivity index (χ3n) is 4.49. The number of methoxy groups -OCH3 is 1. The monoisotopic (exact) mass is 397 g/mol. The zero-order valence-corrected chi connectivity index (χ0v) is 17.3. The Bertz CT molecular complexity index is 848. The Morgan fingerprint density at radius 3 is 2.48 bits per heavy atom. The van der Waals surface area contributed by atoms with Crippen LogP contribution in [0.3, 0.4) is 0 Å². The zero-order chi connectivity index (χ0) is 21.2. The van der Waals surface area contributed by atoms with E-state index in [2.05, 4.69) is 0 Å². The van der Waals surface area contributed by atoms with Crippen LogP contribution in [0.5, 0.6) is 11.5 Å². The Kier molecular flexibility index (Phi) is 8.27. The number of hydrogen-bond donors (Lipinski definition) is 0. The normalized spacial score (nSPS) is 11.7. The van der Waals surface area contributed by atoms with Gasteiger partial charge in [0.2, 0.25) is 0 Å². The Balaban J connectivity index is 1.89. The molecule has 0 heterocycles. The molecule has 0 aromatic heterocycles. The molecule has 2 aromatic rings. The van der Waals surface area contributed by atoms with E-state index in [1.807, 2.05) is 44.2 Å². The second kappa shape index (κ2) is 10.9. The second-order valence-corrected chi connectivity index (χ2v) is 6.38. The number of nitrogens with zero attached hydrogens (tertiary/aromatic N) is 1. The molecule has 0 bridgehead atoms. The molecular weight excluding hydrogens is 370 g/mol. The van der Waals surface area contributed by atoms with Crippen molar-refractivity contribution in [1.29, 1.82) is 0 Å². The molecule has 0 aliphatic rings. The van der Waals surface area contributed by atoms with E-state index in [1.165, 1.54) is 6.08 Å². The van der Waals surface area contributed by atoms with Crippen molar-refractivity contribution < 1.29 is 23.8 Å². The van der Waals surface area contributed by atoms with E-state index < -0.39 is 5.97 Å². The van der Waals surface area contributed by atoms with Crippen LogP contribution in [0.1, 0.15) is 31.0 Å². The molecule has 0 fully saturated rings. The first-order chi connectivity index (χ1) is 14.0. The predicted molar refractivity (Wildman–Crippen MR) is 112 cm³/mol. The first-order valence-electron chi connectivity index (χ1n) is 9.42. The summed E-state index contributed by atoms with van der Waals surface area (Å²) in [4.78, 5) is 25.8. The molecule has 0 aliphatic carbocycles. The number of carbonyl (C=O) groups is 2. The van der Waals surface area contributed by atoms with Gasteiger partial charge in [-0.3, -0.25) is 4.79 Å². The molecule has 0 saturated heterocycles. The molecule has 29 heavy (non-hydrogen) atoms. The van der Waals surface area contributed by atoms with E-state index >= 15 is 0 Å². The van der Waals surface area contributed by atoms with Gasteiger partial charge in [0.1, 0.15) is 0 Å². The number of benzene rings is 2. The van der Waals surface area contributed by atoms with Gasteiger partial charge in [0.25, 0.3) is 5.91 Å². The predicted octanol–water partition coefficient (Wildman–Crippen LogP) is 3.87. The largest absolute Gasteiger partial charge is 0.493 e. The number of likely N-dealkylation sites (N-methyl/N-ethyl adjacent to an activating group) is 1. The minimum absolute atomic E-state index is 0.116. The van der Waals surface area contributed by atoms with E-state index in [4.69, 9.17) is 14.2 Å². The van der Waals surface area contributed by atoms with Crippen molar-refractivity contribution in [3.8, 4) is 11.5 Å². The molecule has 6 nitrogen and oxygen atoms in total. The SMILES string of the molecule is CCOc1ccc(/C=C/C(=O)OCC(=O)N(C)C(C)c2ccccc2)cc1OC. The van der Waals surface area contributed by atoms with Crippen molar-refractivity contribution in [2.45, 2.75) is 19.9 Å². The Labute approximate surface area is 171 Å². The van der Waals surface area contributed by atoms with E-state index in [9.17, 15) is 9.59 Å². The molecule has 1 amide bonds. The maximum Gasteiger partial charge on any atom is 0.331 e. The van der Waals surface area contributed by atoms with Gasteiger partial charge >= 0.3 is 5.97 Å². The van der Waals surface area contributed by atoms with Gasteiger partial charge in [-0.05, 0) is 43.2 Å². The molecule has 0 radical (unpaired) electrons. The number of hydrogen-bond acceptors (Lipinski definition) is 5. The Morgan fingerprint density at radius 2 is 1.83 bits per heavy atom. The minimum atomic E-state index is -0.591. The summed E-state index contributed by atoms with van der Waals surface area (Å²) in [5.74, 6) is 0.350. The van der Waals surface area contributed by atoms with Crippen molar-refractivity contribution >= 4 is 18.0 Å². The third-order valence-corrected chi connectivity index (χ3v) is 4.49. The number of carbonyl (C=O) groups excluding carboxylic acids is 2. The Morgan fingerprint density at radius 1 is 1.10 bits per heavy atom. The molecule has 154 valence electrons. The van der Waals surface area contributed by atoms with Gasteiger partial charge < -0.3 is 19.1 Å². The summed E-state index contributed by atoms with van der Waals surface area (Å²) in [6.45, 7) is 4.03. The van der Waals surface area contributed by atoms with Gasteiger partial charge in [-0.1, -0.05) is 36.4 Å². The van der Waals surface area contributed by atoms with Crippen LogP contribution in [-0.2, 0) is 14.3 Å². The van der Waals surface area contributed by atoms with Crippen LogP contribution in [0.4, 0.5) is 0 Å². The van der Waals surface area contributed by atoms with Gasteiger partial charge in [0.05, 0.1) is 19.8 Å². The average Bonchev–Trinajstić information content (AvgIpc) is 2.76. The maximum absolute atomic E-state index is 12.3. The summed E-state index contributed by atoms with van der Waals surface area (Å²) in [6, 6.07) is 14.9. The van der Waals surface area contributed by atoms with Gasteiger partial charge in [-0.15, -0.1) is 0 Å². The first kappa shape index (κ1) is 22.0. The highest BCUT2D eigenvalue weighted by Crippen LogP contribution is 2.28. The van der Waals surface area contributed by atoms with Gasteiger partial charge in [-0.25, -0.2) is 4.79 Å². The van der Waals surface area contributed by atoms with E-state index in [0.717, 1.165) is 11.1 Å². The Hall–Kier alpha value is -3.28. The molecule has 0 saturated carbocycles. The molecule has 0 spiro atoms. The van der Waals surface area contributed by atoms with Crippen molar-refractivity contribution in [2.24, 2.45) is 0 Å².